The standard InChI is InChI=1S/C21H24N2O5/c1-5-23-12(3)11-15-17(20(23)24)16(13-7-9-14(26-4)10-8-13)18(19(22)28-15)21(25)27-6-2/h7-11,16H,5-6,22H2,1-4H3/t16-/m1/s1. The lowest BCUT2D eigenvalue weighted by Gasteiger charge is -2.29. The number of hydrogen-bond donors (Lipinski definition) is 1. The Bertz CT molecular complexity index is 989. The number of aromatic nitrogens is 1. The monoisotopic (exact) mass is 384 g/mol. The molecule has 1 aliphatic heterocycles. The lowest BCUT2D eigenvalue weighted by molar-refractivity contribution is -0.139. The molecule has 0 unspecified atom stereocenters. The number of nitrogens with zero attached hydrogens (tertiary/aromatic N) is 1. The Balaban J connectivity index is 2.29. The third-order valence-corrected chi connectivity index (χ3v) is 4.83. The number of carbonyl (C=O) groups is 1. The number of fused-ring (bicyclic) bond motifs is 1. The fraction of sp³-hybridized carbons (Fsp3) is 0.333. The van der Waals surface area contributed by atoms with Gasteiger partial charge in [-0.25, -0.2) is 4.79 Å². The fourth-order valence-electron chi connectivity index (χ4n) is 3.52. The van der Waals surface area contributed by atoms with Crippen LogP contribution in [0.2, 0.25) is 0 Å². The van der Waals surface area contributed by atoms with Gasteiger partial charge in [-0.15, -0.1) is 0 Å². The number of carbonyl (C=O) groups excluding carboxylic acids is 1. The van der Waals surface area contributed by atoms with Crippen LogP contribution in [0.3, 0.4) is 0 Å². The molecule has 1 aromatic carbocycles. The molecule has 0 fully saturated rings. The Morgan fingerprint density at radius 2 is 1.93 bits per heavy atom. The first-order valence-electron chi connectivity index (χ1n) is 9.15. The van der Waals surface area contributed by atoms with Gasteiger partial charge < -0.3 is 24.5 Å². The number of esters is 1. The summed E-state index contributed by atoms with van der Waals surface area (Å²) < 4.78 is 17.7. The van der Waals surface area contributed by atoms with Crippen LogP contribution < -0.4 is 20.8 Å². The zero-order valence-electron chi connectivity index (χ0n) is 16.4. The van der Waals surface area contributed by atoms with Crippen molar-refractivity contribution in [2.45, 2.75) is 33.2 Å². The molecule has 7 heteroatoms. The third-order valence-electron chi connectivity index (χ3n) is 4.83. The molecule has 0 saturated heterocycles. The summed E-state index contributed by atoms with van der Waals surface area (Å²) in [4.78, 5) is 25.9. The van der Waals surface area contributed by atoms with Gasteiger partial charge in [-0.1, -0.05) is 12.1 Å². The minimum absolute atomic E-state index is 0.0557. The molecule has 0 spiro atoms. The first kappa shape index (κ1) is 19.5. The highest BCUT2D eigenvalue weighted by atomic mass is 16.5. The van der Waals surface area contributed by atoms with Gasteiger partial charge in [0.15, 0.2) is 0 Å². The number of hydrogen-bond acceptors (Lipinski definition) is 6. The number of rotatable bonds is 5. The van der Waals surface area contributed by atoms with Crippen molar-refractivity contribution in [3.05, 3.63) is 69.0 Å². The van der Waals surface area contributed by atoms with E-state index in [1.54, 1.807) is 48.9 Å². The normalized spacial score (nSPS) is 15.6. The zero-order chi connectivity index (χ0) is 20.4. The molecular formula is C21H24N2O5. The van der Waals surface area contributed by atoms with Crippen molar-refractivity contribution >= 4 is 5.97 Å². The van der Waals surface area contributed by atoms with Crippen LogP contribution in [-0.2, 0) is 16.1 Å². The number of pyridine rings is 1. The average molecular weight is 384 g/mol. The Morgan fingerprint density at radius 3 is 2.50 bits per heavy atom. The second-order valence-corrected chi connectivity index (χ2v) is 6.42. The summed E-state index contributed by atoms with van der Waals surface area (Å²) in [7, 11) is 1.57. The smallest absolute Gasteiger partial charge is 0.340 e. The van der Waals surface area contributed by atoms with Crippen molar-refractivity contribution in [2.24, 2.45) is 5.73 Å². The first-order valence-corrected chi connectivity index (χ1v) is 9.15. The summed E-state index contributed by atoms with van der Waals surface area (Å²) in [5.74, 6) is -0.326. The number of methoxy groups -OCH3 is 1. The van der Waals surface area contributed by atoms with Gasteiger partial charge >= 0.3 is 5.97 Å². The highest BCUT2D eigenvalue weighted by Gasteiger charge is 2.38. The van der Waals surface area contributed by atoms with Crippen molar-refractivity contribution in [1.29, 1.82) is 0 Å². The van der Waals surface area contributed by atoms with E-state index in [0.29, 0.717) is 23.6 Å². The maximum Gasteiger partial charge on any atom is 0.340 e. The van der Waals surface area contributed by atoms with Gasteiger partial charge in [0, 0.05) is 18.3 Å². The summed E-state index contributed by atoms with van der Waals surface area (Å²) in [5.41, 5.74) is 7.86. The van der Waals surface area contributed by atoms with E-state index < -0.39 is 11.9 Å². The minimum Gasteiger partial charge on any atom is -0.497 e. The average Bonchev–Trinajstić information content (AvgIpc) is 2.67. The van der Waals surface area contributed by atoms with Crippen molar-refractivity contribution < 1.29 is 19.0 Å². The molecule has 2 N–H and O–H groups in total. The second kappa shape index (κ2) is 7.80. The van der Waals surface area contributed by atoms with E-state index in [9.17, 15) is 9.59 Å². The van der Waals surface area contributed by atoms with Crippen molar-refractivity contribution in [3.8, 4) is 11.5 Å². The SMILES string of the molecule is CCOC(=O)C1=C(N)Oc2cc(C)n(CC)c(=O)c2[C@H]1c1ccc(OC)cc1. The van der Waals surface area contributed by atoms with Gasteiger partial charge in [-0.2, -0.15) is 0 Å². The number of nitrogens with two attached hydrogens (primary N) is 1. The van der Waals surface area contributed by atoms with Gasteiger partial charge in [0.1, 0.15) is 17.1 Å². The van der Waals surface area contributed by atoms with Gasteiger partial charge in [-0.05, 0) is 38.5 Å². The molecule has 2 heterocycles. The van der Waals surface area contributed by atoms with Crippen LogP contribution in [0, 0.1) is 6.92 Å². The molecule has 0 radical (unpaired) electrons. The van der Waals surface area contributed by atoms with Crippen LogP contribution in [-0.4, -0.2) is 24.3 Å². The van der Waals surface area contributed by atoms with Crippen LogP contribution in [0.4, 0.5) is 0 Å². The molecule has 148 valence electrons. The van der Waals surface area contributed by atoms with E-state index in [0.717, 1.165) is 11.3 Å². The summed E-state index contributed by atoms with van der Waals surface area (Å²) >= 11 is 0. The van der Waals surface area contributed by atoms with E-state index in [1.807, 2.05) is 13.8 Å². The van der Waals surface area contributed by atoms with Gasteiger partial charge in [-0.3, -0.25) is 4.79 Å². The highest BCUT2D eigenvalue weighted by Crippen LogP contribution is 2.41. The predicted octanol–water partition coefficient (Wildman–Crippen LogP) is 2.44. The van der Waals surface area contributed by atoms with E-state index >= 15 is 0 Å². The van der Waals surface area contributed by atoms with Crippen LogP contribution in [0.25, 0.3) is 0 Å². The van der Waals surface area contributed by atoms with Crippen LogP contribution >= 0.6 is 0 Å². The van der Waals surface area contributed by atoms with E-state index in [-0.39, 0.29) is 23.6 Å². The number of aryl methyl sites for hydroxylation is 1. The molecule has 2 aromatic rings. The lowest BCUT2D eigenvalue weighted by Crippen LogP contribution is -2.35. The zero-order valence-corrected chi connectivity index (χ0v) is 16.4. The largest absolute Gasteiger partial charge is 0.497 e. The Labute approximate surface area is 163 Å². The summed E-state index contributed by atoms with van der Waals surface area (Å²) in [5, 5.41) is 0. The number of benzene rings is 1. The van der Waals surface area contributed by atoms with Gasteiger partial charge in [0.05, 0.1) is 25.2 Å². The second-order valence-electron chi connectivity index (χ2n) is 6.42. The van der Waals surface area contributed by atoms with Crippen LogP contribution in [0.5, 0.6) is 11.5 Å². The maximum absolute atomic E-state index is 13.2. The van der Waals surface area contributed by atoms with Gasteiger partial charge in [0.2, 0.25) is 5.88 Å². The molecule has 0 bridgehead atoms. The van der Waals surface area contributed by atoms with Crippen LogP contribution in [0.15, 0.2) is 46.6 Å². The maximum atomic E-state index is 13.2. The quantitative estimate of drug-likeness (QED) is 0.796. The molecule has 0 amide bonds. The molecule has 28 heavy (non-hydrogen) atoms. The van der Waals surface area contributed by atoms with Gasteiger partial charge in [0.25, 0.3) is 5.56 Å². The molecule has 7 nitrogen and oxygen atoms in total. The minimum atomic E-state index is -0.695. The third kappa shape index (κ3) is 3.24. The Kier molecular flexibility index (Phi) is 5.44. The Hall–Kier alpha value is -3.22. The molecule has 1 aromatic heterocycles. The van der Waals surface area contributed by atoms with Crippen molar-refractivity contribution in [1.82, 2.24) is 4.57 Å². The van der Waals surface area contributed by atoms with Crippen LogP contribution in [0.1, 0.15) is 36.6 Å². The molecule has 3 rings (SSSR count). The fourth-order valence-corrected chi connectivity index (χ4v) is 3.52. The van der Waals surface area contributed by atoms with E-state index in [4.69, 9.17) is 19.9 Å². The lowest BCUT2D eigenvalue weighted by atomic mass is 9.83. The van der Waals surface area contributed by atoms with E-state index in [1.165, 1.54) is 0 Å². The predicted molar refractivity (Wildman–Crippen MR) is 104 cm³/mol. The summed E-state index contributed by atoms with van der Waals surface area (Å²) in [6, 6.07) is 8.93. The van der Waals surface area contributed by atoms with Crippen molar-refractivity contribution in [3.63, 3.8) is 0 Å². The molecular weight excluding hydrogens is 360 g/mol. The molecule has 1 atom stereocenters. The summed E-state index contributed by atoms with van der Waals surface area (Å²) in [6.07, 6.45) is 0. The topological polar surface area (TPSA) is 92.8 Å². The number of ether oxygens (including phenoxy) is 3. The van der Waals surface area contributed by atoms with E-state index in [2.05, 4.69) is 0 Å². The Morgan fingerprint density at radius 1 is 1.25 bits per heavy atom. The first-order chi connectivity index (χ1) is 13.4. The molecule has 0 aliphatic carbocycles. The molecule has 0 saturated carbocycles. The molecule has 1 aliphatic rings. The highest BCUT2D eigenvalue weighted by molar-refractivity contribution is 5.92. The summed E-state index contributed by atoms with van der Waals surface area (Å²) in [6.45, 7) is 6.12. The van der Waals surface area contributed by atoms with Crippen molar-refractivity contribution in [2.75, 3.05) is 13.7 Å².